The van der Waals surface area contributed by atoms with Crippen molar-refractivity contribution in [3.63, 3.8) is 0 Å². The summed E-state index contributed by atoms with van der Waals surface area (Å²) < 4.78 is 4.99. The van der Waals surface area contributed by atoms with Crippen molar-refractivity contribution in [2.45, 2.75) is 6.92 Å². The van der Waals surface area contributed by atoms with Crippen LogP contribution in [0.4, 0.5) is 0 Å². The highest BCUT2D eigenvalue weighted by molar-refractivity contribution is 6.08. The maximum Gasteiger partial charge on any atom is 0.347 e. The van der Waals surface area contributed by atoms with Gasteiger partial charge in [-0.3, -0.25) is 4.79 Å². The molecule has 0 aliphatic heterocycles. The molecule has 0 saturated carbocycles. The van der Waals surface area contributed by atoms with Gasteiger partial charge in [-0.1, -0.05) is 43.0 Å². The van der Waals surface area contributed by atoms with Gasteiger partial charge >= 0.3 is 5.63 Å². The molecule has 1 aromatic carbocycles. The van der Waals surface area contributed by atoms with Gasteiger partial charge in [-0.05, 0) is 30.7 Å². The van der Waals surface area contributed by atoms with Crippen molar-refractivity contribution in [2.75, 3.05) is 0 Å². The van der Waals surface area contributed by atoms with Crippen molar-refractivity contribution in [2.24, 2.45) is 0 Å². The molecule has 0 atom stereocenters. The smallest absolute Gasteiger partial charge is 0.347 e. The summed E-state index contributed by atoms with van der Waals surface area (Å²) in [6.45, 7) is 5.12. The van der Waals surface area contributed by atoms with Crippen LogP contribution in [0.5, 0.6) is 0 Å². The quantitative estimate of drug-likeness (QED) is 0.487. The number of allylic oxidation sites excluding steroid dienone is 1. The number of hydrogen-bond donors (Lipinski definition) is 0. The van der Waals surface area contributed by atoms with E-state index in [4.69, 9.17) is 4.42 Å². The highest BCUT2D eigenvalue weighted by atomic mass is 16.4. The zero-order chi connectivity index (χ0) is 15.2. The van der Waals surface area contributed by atoms with E-state index in [9.17, 15) is 9.59 Å². The summed E-state index contributed by atoms with van der Waals surface area (Å²) in [6.07, 6.45) is 4.51. The van der Waals surface area contributed by atoms with E-state index in [2.05, 4.69) is 12.3 Å². The minimum Gasteiger partial charge on any atom is -0.428 e. The van der Waals surface area contributed by atoms with Gasteiger partial charge in [-0.2, -0.15) is 0 Å². The normalized spacial score (nSPS) is 10.3. The molecule has 0 amide bonds. The van der Waals surface area contributed by atoms with E-state index in [-0.39, 0.29) is 5.56 Å². The zero-order valence-corrected chi connectivity index (χ0v) is 11.6. The van der Waals surface area contributed by atoms with Crippen LogP contribution in [-0.4, -0.2) is 5.78 Å². The van der Waals surface area contributed by atoms with Crippen LogP contribution >= 0.6 is 0 Å². The molecule has 3 nitrogen and oxygen atoms in total. The Balaban J connectivity index is 2.42. The molecule has 0 aliphatic rings. The van der Waals surface area contributed by atoms with Gasteiger partial charge in [0, 0.05) is 5.56 Å². The Labute approximate surface area is 122 Å². The summed E-state index contributed by atoms with van der Waals surface area (Å²) in [7, 11) is 0. The maximum atomic E-state index is 12.2. The molecule has 0 radical (unpaired) electrons. The van der Waals surface area contributed by atoms with Crippen molar-refractivity contribution < 1.29 is 9.21 Å². The van der Waals surface area contributed by atoms with Crippen molar-refractivity contribution in [1.29, 1.82) is 0 Å². The second-order valence-electron chi connectivity index (χ2n) is 4.43. The Morgan fingerprint density at radius 3 is 2.67 bits per heavy atom. The summed E-state index contributed by atoms with van der Waals surface area (Å²) in [5, 5.41) is 0. The largest absolute Gasteiger partial charge is 0.428 e. The van der Waals surface area contributed by atoms with Crippen LogP contribution in [0.2, 0.25) is 0 Å². The highest BCUT2D eigenvalue weighted by Crippen LogP contribution is 2.11. The summed E-state index contributed by atoms with van der Waals surface area (Å²) in [4.78, 5) is 24.1. The van der Waals surface area contributed by atoms with E-state index >= 15 is 0 Å². The molecule has 0 saturated heterocycles. The van der Waals surface area contributed by atoms with Crippen LogP contribution in [0, 0.1) is 6.92 Å². The molecule has 1 heterocycles. The lowest BCUT2D eigenvalue weighted by Crippen LogP contribution is -2.15. The Bertz CT molecular complexity index is 789. The Morgan fingerprint density at radius 2 is 2.00 bits per heavy atom. The van der Waals surface area contributed by atoms with Gasteiger partial charge in [0.25, 0.3) is 0 Å². The van der Waals surface area contributed by atoms with Gasteiger partial charge in [-0.25, -0.2) is 4.79 Å². The van der Waals surface area contributed by atoms with Gasteiger partial charge in [0.15, 0.2) is 5.78 Å². The number of aryl methyl sites for hydroxylation is 1. The topological polar surface area (TPSA) is 47.3 Å². The van der Waals surface area contributed by atoms with E-state index in [1.54, 1.807) is 19.1 Å². The Morgan fingerprint density at radius 1 is 1.29 bits per heavy atom. The molecule has 1 aromatic heterocycles. The van der Waals surface area contributed by atoms with Gasteiger partial charge < -0.3 is 4.42 Å². The van der Waals surface area contributed by atoms with Crippen LogP contribution in [0.1, 0.15) is 27.2 Å². The zero-order valence-electron chi connectivity index (χ0n) is 11.6. The second kappa shape index (κ2) is 6.51. The SMILES string of the molecule is C=C=Cc1cc(C)oc(=O)c1C(=O)/C=C/c1ccccc1. The van der Waals surface area contributed by atoms with E-state index in [1.807, 2.05) is 30.3 Å². The molecule has 0 bridgehead atoms. The molecule has 0 N–H and O–H groups in total. The second-order valence-corrected chi connectivity index (χ2v) is 4.43. The fourth-order valence-electron chi connectivity index (χ4n) is 1.92. The lowest BCUT2D eigenvalue weighted by Gasteiger charge is -2.01. The Hall–Kier alpha value is -2.90. The molecule has 0 unspecified atom stereocenters. The third kappa shape index (κ3) is 3.56. The molecular formula is C18H14O3. The molecule has 2 rings (SSSR count). The van der Waals surface area contributed by atoms with Gasteiger partial charge in [0.2, 0.25) is 0 Å². The summed E-state index contributed by atoms with van der Waals surface area (Å²) in [6, 6.07) is 11.0. The standard InChI is InChI=1S/C18H14O3/c1-3-7-15-12-13(2)21-18(20)17(15)16(19)11-10-14-8-5-4-6-9-14/h4-12H,1H2,2H3/b11-10+. The summed E-state index contributed by atoms with van der Waals surface area (Å²) in [5.41, 5.74) is 3.25. The molecule has 0 spiro atoms. The van der Waals surface area contributed by atoms with Gasteiger partial charge in [-0.15, -0.1) is 5.73 Å². The molecule has 0 fully saturated rings. The molecule has 21 heavy (non-hydrogen) atoms. The van der Waals surface area contributed by atoms with Crippen LogP contribution < -0.4 is 5.63 Å². The van der Waals surface area contributed by atoms with Crippen molar-refractivity contribution in [3.05, 3.63) is 87.7 Å². The monoisotopic (exact) mass is 278 g/mol. The van der Waals surface area contributed by atoms with E-state index in [0.717, 1.165) is 5.56 Å². The molecule has 0 aliphatic carbocycles. The van der Waals surface area contributed by atoms with Crippen molar-refractivity contribution in [3.8, 4) is 0 Å². The molecule has 3 heteroatoms. The average molecular weight is 278 g/mol. The fourth-order valence-corrected chi connectivity index (χ4v) is 1.92. The molecule has 2 aromatic rings. The van der Waals surface area contributed by atoms with E-state index in [0.29, 0.717) is 11.3 Å². The first-order chi connectivity index (χ1) is 10.1. The first-order valence-electron chi connectivity index (χ1n) is 6.40. The predicted molar refractivity (Wildman–Crippen MR) is 83.1 cm³/mol. The van der Waals surface area contributed by atoms with Crippen LogP contribution in [0.25, 0.3) is 12.2 Å². The first kappa shape index (κ1) is 14.5. The third-order valence-electron chi connectivity index (χ3n) is 2.84. The number of benzene rings is 1. The van der Waals surface area contributed by atoms with Crippen molar-refractivity contribution >= 4 is 17.9 Å². The maximum absolute atomic E-state index is 12.2. The summed E-state index contributed by atoms with van der Waals surface area (Å²) in [5.74, 6) is 0.0270. The first-order valence-corrected chi connectivity index (χ1v) is 6.40. The minimum atomic E-state index is -0.654. The lowest BCUT2D eigenvalue weighted by molar-refractivity contribution is 0.104. The molecular weight excluding hydrogens is 264 g/mol. The van der Waals surface area contributed by atoms with Crippen LogP contribution in [0.15, 0.2) is 64.0 Å². The average Bonchev–Trinajstić information content (AvgIpc) is 2.46. The minimum absolute atomic E-state index is 0.0102. The Kier molecular flexibility index (Phi) is 4.50. The lowest BCUT2D eigenvalue weighted by atomic mass is 10.0. The predicted octanol–water partition coefficient (Wildman–Crippen LogP) is 3.64. The third-order valence-corrected chi connectivity index (χ3v) is 2.84. The van der Waals surface area contributed by atoms with Crippen molar-refractivity contribution in [1.82, 2.24) is 0 Å². The number of carbonyl (C=O) groups is 1. The fraction of sp³-hybridized carbons (Fsp3) is 0.0556. The highest BCUT2D eigenvalue weighted by Gasteiger charge is 2.14. The van der Waals surface area contributed by atoms with Crippen LogP contribution in [0.3, 0.4) is 0 Å². The van der Waals surface area contributed by atoms with E-state index < -0.39 is 11.4 Å². The number of hydrogen-bond acceptors (Lipinski definition) is 3. The summed E-state index contributed by atoms with van der Waals surface area (Å²) >= 11 is 0. The van der Waals surface area contributed by atoms with Crippen LogP contribution in [-0.2, 0) is 0 Å². The number of ketones is 1. The van der Waals surface area contributed by atoms with Gasteiger partial charge in [0.1, 0.15) is 11.3 Å². The van der Waals surface area contributed by atoms with E-state index in [1.165, 1.54) is 12.2 Å². The van der Waals surface area contributed by atoms with Gasteiger partial charge in [0.05, 0.1) is 0 Å². The number of carbonyl (C=O) groups excluding carboxylic acids is 1. The number of rotatable bonds is 4. The molecule has 104 valence electrons.